The molecular formula is C16H29N3. The van der Waals surface area contributed by atoms with Crippen molar-refractivity contribution >= 4 is 0 Å². The molecule has 1 saturated carbocycles. The summed E-state index contributed by atoms with van der Waals surface area (Å²) in [4.78, 5) is 7.43. The lowest BCUT2D eigenvalue weighted by Crippen LogP contribution is -2.44. The van der Waals surface area contributed by atoms with Gasteiger partial charge in [-0.15, -0.1) is 0 Å². The second-order valence-electron chi connectivity index (χ2n) is 7.70. The molecule has 19 heavy (non-hydrogen) atoms. The Hall–Kier alpha value is -0.830. The molecule has 1 fully saturated rings. The summed E-state index contributed by atoms with van der Waals surface area (Å²) in [6, 6.07) is 0.676. The average Bonchev–Trinajstić information content (AvgIpc) is 2.72. The van der Waals surface area contributed by atoms with Crippen LogP contribution in [-0.4, -0.2) is 22.6 Å². The maximum absolute atomic E-state index is 4.26. The molecule has 0 bridgehead atoms. The minimum Gasteiger partial charge on any atom is -0.349 e. The molecule has 2 N–H and O–H groups in total. The molecule has 1 aromatic heterocycles. The lowest BCUT2D eigenvalue weighted by molar-refractivity contribution is 0.0851. The Bertz CT molecular complexity index is 363. The SMILES string of the molecule is CC1(C)CC(NCCCc2ncc[nH]2)CC(C)(C)C1. The molecule has 0 amide bonds. The predicted octanol–water partition coefficient (Wildman–Crippen LogP) is 3.54. The Balaban J connectivity index is 1.73. The zero-order valence-corrected chi connectivity index (χ0v) is 12.9. The third-order valence-corrected chi connectivity index (χ3v) is 4.13. The lowest BCUT2D eigenvalue weighted by Gasteiger charge is -2.45. The van der Waals surface area contributed by atoms with Crippen molar-refractivity contribution < 1.29 is 0 Å². The number of rotatable bonds is 5. The summed E-state index contributed by atoms with van der Waals surface area (Å²) in [6.45, 7) is 10.7. The van der Waals surface area contributed by atoms with E-state index in [4.69, 9.17) is 0 Å². The summed E-state index contributed by atoms with van der Waals surface area (Å²) in [6.07, 6.45) is 9.87. The van der Waals surface area contributed by atoms with Crippen molar-refractivity contribution in [2.75, 3.05) is 6.54 Å². The Kier molecular flexibility index (Phi) is 4.34. The van der Waals surface area contributed by atoms with Crippen LogP contribution in [0.25, 0.3) is 0 Å². The van der Waals surface area contributed by atoms with Gasteiger partial charge in [0.15, 0.2) is 0 Å². The molecule has 0 unspecified atom stereocenters. The van der Waals surface area contributed by atoms with Crippen LogP contribution in [0.1, 0.15) is 59.2 Å². The Morgan fingerprint density at radius 2 is 1.95 bits per heavy atom. The van der Waals surface area contributed by atoms with Crippen molar-refractivity contribution in [2.45, 2.75) is 65.8 Å². The summed E-state index contributed by atoms with van der Waals surface area (Å²) in [7, 11) is 0. The van der Waals surface area contributed by atoms with Gasteiger partial charge >= 0.3 is 0 Å². The van der Waals surface area contributed by atoms with E-state index in [9.17, 15) is 0 Å². The molecule has 2 rings (SSSR count). The summed E-state index contributed by atoms with van der Waals surface area (Å²) in [5, 5.41) is 3.75. The molecule has 3 nitrogen and oxygen atoms in total. The van der Waals surface area contributed by atoms with Gasteiger partial charge in [-0.25, -0.2) is 4.98 Å². The van der Waals surface area contributed by atoms with Gasteiger partial charge in [-0.3, -0.25) is 0 Å². The zero-order chi connectivity index (χ0) is 13.9. The summed E-state index contributed by atoms with van der Waals surface area (Å²) in [5.74, 6) is 1.10. The van der Waals surface area contributed by atoms with Crippen LogP contribution < -0.4 is 5.32 Å². The molecule has 0 radical (unpaired) electrons. The van der Waals surface area contributed by atoms with Crippen molar-refractivity contribution in [1.82, 2.24) is 15.3 Å². The van der Waals surface area contributed by atoms with E-state index < -0.39 is 0 Å². The molecule has 1 aliphatic carbocycles. The quantitative estimate of drug-likeness (QED) is 0.798. The highest BCUT2D eigenvalue weighted by molar-refractivity contribution is 4.92. The second kappa shape index (κ2) is 5.66. The molecular weight excluding hydrogens is 234 g/mol. The van der Waals surface area contributed by atoms with Gasteiger partial charge in [-0.1, -0.05) is 27.7 Å². The van der Waals surface area contributed by atoms with Gasteiger partial charge in [0, 0.05) is 24.9 Å². The molecule has 0 aliphatic heterocycles. The molecule has 1 heterocycles. The molecule has 0 aromatic carbocycles. The van der Waals surface area contributed by atoms with Crippen LogP contribution in [0, 0.1) is 10.8 Å². The smallest absolute Gasteiger partial charge is 0.106 e. The normalized spacial score (nSPS) is 22.5. The first-order valence-electron chi connectivity index (χ1n) is 7.58. The number of imidazole rings is 1. The molecule has 3 heteroatoms. The lowest BCUT2D eigenvalue weighted by atomic mass is 9.63. The second-order valence-corrected chi connectivity index (χ2v) is 7.70. The first-order valence-corrected chi connectivity index (χ1v) is 7.58. The highest BCUT2D eigenvalue weighted by Crippen LogP contribution is 2.45. The Labute approximate surface area is 117 Å². The summed E-state index contributed by atoms with van der Waals surface area (Å²) >= 11 is 0. The number of aryl methyl sites for hydroxylation is 1. The van der Waals surface area contributed by atoms with E-state index in [-0.39, 0.29) is 0 Å². The number of hydrogen-bond donors (Lipinski definition) is 2. The van der Waals surface area contributed by atoms with Crippen LogP contribution >= 0.6 is 0 Å². The number of nitrogens with one attached hydrogen (secondary N) is 2. The van der Waals surface area contributed by atoms with E-state index in [1.165, 1.54) is 19.3 Å². The fourth-order valence-electron chi connectivity index (χ4n) is 3.99. The molecule has 1 aromatic rings. The molecule has 0 atom stereocenters. The van der Waals surface area contributed by atoms with E-state index in [2.05, 4.69) is 43.0 Å². The van der Waals surface area contributed by atoms with E-state index in [0.717, 1.165) is 25.2 Å². The van der Waals surface area contributed by atoms with Crippen molar-refractivity contribution in [1.29, 1.82) is 0 Å². The van der Waals surface area contributed by atoms with Crippen molar-refractivity contribution in [3.8, 4) is 0 Å². The largest absolute Gasteiger partial charge is 0.349 e. The monoisotopic (exact) mass is 263 g/mol. The maximum atomic E-state index is 4.26. The van der Waals surface area contributed by atoms with Gasteiger partial charge in [-0.2, -0.15) is 0 Å². The van der Waals surface area contributed by atoms with Crippen LogP contribution in [0.2, 0.25) is 0 Å². The fourth-order valence-corrected chi connectivity index (χ4v) is 3.99. The van der Waals surface area contributed by atoms with Crippen LogP contribution in [-0.2, 0) is 6.42 Å². The number of aromatic nitrogens is 2. The van der Waals surface area contributed by atoms with Gasteiger partial charge in [0.2, 0.25) is 0 Å². The molecule has 108 valence electrons. The number of hydrogen-bond acceptors (Lipinski definition) is 2. The predicted molar refractivity (Wildman–Crippen MR) is 80.1 cm³/mol. The van der Waals surface area contributed by atoms with Crippen LogP contribution in [0.3, 0.4) is 0 Å². The van der Waals surface area contributed by atoms with Crippen molar-refractivity contribution in [2.24, 2.45) is 10.8 Å². The van der Waals surface area contributed by atoms with Crippen molar-refractivity contribution in [3.05, 3.63) is 18.2 Å². The van der Waals surface area contributed by atoms with Gasteiger partial charge in [0.25, 0.3) is 0 Å². The number of aromatic amines is 1. The highest BCUT2D eigenvalue weighted by atomic mass is 14.9. The molecule has 1 aliphatic rings. The zero-order valence-electron chi connectivity index (χ0n) is 12.9. The minimum absolute atomic E-state index is 0.473. The Morgan fingerprint density at radius 1 is 1.26 bits per heavy atom. The third kappa shape index (κ3) is 4.64. The first-order chi connectivity index (χ1) is 8.86. The van der Waals surface area contributed by atoms with Gasteiger partial charge in [-0.05, 0) is 43.1 Å². The maximum Gasteiger partial charge on any atom is 0.106 e. The van der Waals surface area contributed by atoms with Gasteiger partial charge in [0.05, 0.1) is 0 Å². The van der Waals surface area contributed by atoms with E-state index in [1.807, 2.05) is 12.4 Å². The third-order valence-electron chi connectivity index (χ3n) is 4.13. The number of H-pyrrole nitrogens is 1. The van der Waals surface area contributed by atoms with Crippen LogP contribution in [0.5, 0.6) is 0 Å². The topological polar surface area (TPSA) is 40.7 Å². The molecule has 0 saturated heterocycles. The van der Waals surface area contributed by atoms with E-state index >= 15 is 0 Å². The van der Waals surface area contributed by atoms with Gasteiger partial charge < -0.3 is 10.3 Å². The average molecular weight is 263 g/mol. The standard InChI is InChI=1S/C16H29N3/c1-15(2)10-13(11-16(3,4)12-15)17-7-5-6-14-18-8-9-19-14/h8-9,13,17H,5-7,10-12H2,1-4H3,(H,18,19). The summed E-state index contributed by atoms with van der Waals surface area (Å²) < 4.78 is 0. The molecule has 0 spiro atoms. The van der Waals surface area contributed by atoms with Crippen molar-refractivity contribution in [3.63, 3.8) is 0 Å². The van der Waals surface area contributed by atoms with Crippen LogP contribution in [0.15, 0.2) is 12.4 Å². The highest BCUT2D eigenvalue weighted by Gasteiger charge is 2.37. The summed E-state index contributed by atoms with van der Waals surface area (Å²) in [5.41, 5.74) is 0.945. The Morgan fingerprint density at radius 3 is 2.53 bits per heavy atom. The number of nitrogens with zero attached hydrogens (tertiary/aromatic N) is 1. The fraction of sp³-hybridized carbons (Fsp3) is 0.812. The van der Waals surface area contributed by atoms with Crippen LogP contribution in [0.4, 0.5) is 0 Å². The van der Waals surface area contributed by atoms with E-state index in [1.54, 1.807) is 0 Å². The first kappa shape index (κ1) is 14.6. The van der Waals surface area contributed by atoms with E-state index in [0.29, 0.717) is 16.9 Å². The van der Waals surface area contributed by atoms with Gasteiger partial charge in [0.1, 0.15) is 5.82 Å². The minimum atomic E-state index is 0.473.